The van der Waals surface area contributed by atoms with Gasteiger partial charge in [0.1, 0.15) is 0 Å². The predicted octanol–water partition coefficient (Wildman–Crippen LogP) is 1.05. The molecule has 1 aromatic rings. The number of carboxylic acids is 1. The summed E-state index contributed by atoms with van der Waals surface area (Å²) in [5.74, 6) is -0.731. The Labute approximate surface area is 98.3 Å². The van der Waals surface area contributed by atoms with Crippen LogP contribution in [-0.2, 0) is 11.2 Å². The van der Waals surface area contributed by atoms with Gasteiger partial charge in [0.25, 0.3) is 0 Å². The molecule has 0 atom stereocenters. The van der Waals surface area contributed by atoms with E-state index in [4.69, 9.17) is 19.3 Å². The number of phenols is 1. The van der Waals surface area contributed by atoms with E-state index in [0.717, 1.165) is 0 Å². The summed E-state index contributed by atoms with van der Waals surface area (Å²) in [6, 6.07) is 1.41. The summed E-state index contributed by atoms with van der Waals surface area (Å²) in [7, 11) is 4.16. The summed E-state index contributed by atoms with van der Waals surface area (Å²) in [5, 5.41) is 18.6. The predicted molar refractivity (Wildman–Crippen MR) is 59.1 cm³/mol. The van der Waals surface area contributed by atoms with E-state index in [-0.39, 0.29) is 29.2 Å². The zero-order valence-corrected chi connectivity index (χ0v) is 9.81. The molecule has 0 aliphatic carbocycles. The molecule has 0 saturated carbocycles. The van der Waals surface area contributed by atoms with Gasteiger partial charge in [-0.3, -0.25) is 4.79 Å². The van der Waals surface area contributed by atoms with E-state index in [2.05, 4.69) is 0 Å². The molecule has 94 valence electrons. The monoisotopic (exact) mass is 242 g/mol. The minimum absolute atomic E-state index is 0.0584. The minimum Gasteiger partial charge on any atom is -0.504 e. The van der Waals surface area contributed by atoms with Crippen molar-refractivity contribution in [2.24, 2.45) is 0 Å². The van der Waals surface area contributed by atoms with Crippen LogP contribution in [0.5, 0.6) is 23.0 Å². The lowest BCUT2D eigenvalue weighted by molar-refractivity contribution is -0.136. The molecule has 17 heavy (non-hydrogen) atoms. The maximum absolute atomic E-state index is 10.7. The normalized spacial score (nSPS) is 9.82. The molecule has 0 bridgehead atoms. The number of carboxylic acid groups (broad SMARTS) is 1. The molecule has 0 amide bonds. The largest absolute Gasteiger partial charge is 0.504 e. The number of benzene rings is 1. The number of hydrogen-bond acceptors (Lipinski definition) is 5. The fraction of sp³-hybridized carbons (Fsp3) is 0.364. The molecule has 0 spiro atoms. The van der Waals surface area contributed by atoms with E-state index >= 15 is 0 Å². The Hall–Kier alpha value is -2.11. The fourth-order valence-electron chi connectivity index (χ4n) is 1.49. The summed E-state index contributed by atoms with van der Waals surface area (Å²) >= 11 is 0. The average Bonchev–Trinajstić information content (AvgIpc) is 2.30. The molecule has 1 rings (SSSR count). The number of aliphatic carboxylic acids is 1. The standard InChI is InChI=1S/C11H14O6/c1-15-7-4-6(5-8(12)13)9(14)11(17-3)10(7)16-2/h4,14H,5H2,1-3H3,(H,12,13). The molecule has 2 N–H and O–H groups in total. The molecular weight excluding hydrogens is 228 g/mol. The second-order valence-corrected chi connectivity index (χ2v) is 3.22. The van der Waals surface area contributed by atoms with Gasteiger partial charge in [0.05, 0.1) is 27.8 Å². The van der Waals surface area contributed by atoms with Gasteiger partial charge in [-0.15, -0.1) is 0 Å². The van der Waals surface area contributed by atoms with Gasteiger partial charge in [0.2, 0.25) is 11.5 Å². The van der Waals surface area contributed by atoms with Crippen molar-refractivity contribution in [3.8, 4) is 23.0 Å². The van der Waals surface area contributed by atoms with Crippen LogP contribution in [0.3, 0.4) is 0 Å². The first kappa shape index (κ1) is 13.0. The molecule has 0 unspecified atom stereocenters. The molecule has 0 aliphatic rings. The van der Waals surface area contributed by atoms with Crippen molar-refractivity contribution in [3.63, 3.8) is 0 Å². The summed E-state index contributed by atoms with van der Waals surface area (Å²) in [5.41, 5.74) is 0.201. The number of rotatable bonds is 5. The van der Waals surface area contributed by atoms with Crippen LogP contribution in [0.25, 0.3) is 0 Å². The maximum atomic E-state index is 10.7. The fourth-order valence-corrected chi connectivity index (χ4v) is 1.49. The van der Waals surface area contributed by atoms with Gasteiger partial charge in [-0.1, -0.05) is 0 Å². The van der Waals surface area contributed by atoms with Crippen LogP contribution in [0, 0.1) is 0 Å². The highest BCUT2D eigenvalue weighted by atomic mass is 16.5. The topological polar surface area (TPSA) is 85.2 Å². The van der Waals surface area contributed by atoms with Crippen molar-refractivity contribution in [1.29, 1.82) is 0 Å². The van der Waals surface area contributed by atoms with Gasteiger partial charge in [-0.2, -0.15) is 0 Å². The second-order valence-electron chi connectivity index (χ2n) is 3.22. The van der Waals surface area contributed by atoms with Gasteiger partial charge < -0.3 is 24.4 Å². The van der Waals surface area contributed by atoms with Crippen molar-refractivity contribution in [2.45, 2.75) is 6.42 Å². The van der Waals surface area contributed by atoms with Crippen molar-refractivity contribution in [2.75, 3.05) is 21.3 Å². The molecule has 0 heterocycles. The highest BCUT2D eigenvalue weighted by Gasteiger charge is 2.21. The van der Waals surface area contributed by atoms with Gasteiger partial charge in [0.15, 0.2) is 11.5 Å². The van der Waals surface area contributed by atoms with Gasteiger partial charge in [-0.05, 0) is 6.07 Å². The highest BCUT2D eigenvalue weighted by molar-refractivity contribution is 5.74. The Balaban J connectivity index is 3.39. The van der Waals surface area contributed by atoms with Crippen LogP contribution >= 0.6 is 0 Å². The van der Waals surface area contributed by atoms with Gasteiger partial charge >= 0.3 is 5.97 Å². The van der Waals surface area contributed by atoms with Crippen molar-refractivity contribution in [1.82, 2.24) is 0 Å². The molecule has 0 aliphatic heterocycles. The SMILES string of the molecule is COc1cc(CC(=O)O)c(O)c(OC)c1OC. The van der Waals surface area contributed by atoms with Crippen LogP contribution in [0.4, 0.5) is 0 Å². The summed E-state index contributed by atoms with van der Waals surface area (Å²) in [6.07, 6.45) is -0.331. The summed E-state index contributed by atoms with van der Waals surface area (Å²) in [6.45, 7) is 0. The Kier molecular flexibility index (Phi) is 4.03. The van der Waals surface area contributed by atoms with E-state index in [1.54, 1.807) is 0 Å². The zero-order valence-electron chi connectivity index (χ0n) is 9.81. The molecule has 0 saturated heterocycles. The van der Waals surface area contributed by atoms with Gasteiger partial charge in [-0.25, -0.2) is 0 Å². The third-order valence-electron chi connectivity index (χ3n) is 2.22. The number of phenolic OH excluding ortho intramolecular Hbond substituents is 1. The lowest BCUT2D eigenvalue weighted by Crippen LogP contribution is -2.03. The molecule has 0 radical (unpaired) electrons. The Morgan fingerprint density at radius 3 is 2.18 bits per heavy atom. The van der Waals surface area contributed by atoms with Crippen molar-refractivity contribution in [3.05, 3.63) is 11.6 Å². The maximum Gasteiger partial charge on any atom is 0.307 e. The molecule has 6 nitrogen and oxygen atoms in total. The van der Waals surface area contributed by atoms with Crippen LogP contribution in [0.1, 0.15) is 5.56 Å². The summed E-state index contributed by atoms with van der Waals surface area (Å²) < 4.78 is 15.1. The zero-order chi connectivity index (χ0) is 13.0. The second kappa shape index (κ2) is 5.29. The first-order valence-electron chi connectivity index (χ1n) is 4.77. The average molecular weight is 242 g/mol. The quantitative estimate of drug-likeness (QED) is 0.802. The van der Waals surface area contributed by atoms with Crippen LogP contribution in [0.2, 0.25) is 0 Å². The van der Waals surface area contributed by atoms with Crippen molar-refractivity contribution < 1.29 is 29.2 Å². The number of ether oxygens (including phenoxy) is 3. The van der Waals surface area contributed by atoms with Gasteiger partial charge in [0, 0.05) is 5.56 Å². The smallest absolute Gasteiger partial charge is 0.307 e. The van der Waals surface area contributed by atoms with Crippen molar-refractivity contribution >= 4 is 5.97 Å². The Bertz CT molecular complexity index is 426. The molecule has 6 heteroatoms. The van der Waals surface area contributed by atoms with E-state index < -0.39 is 5.97 Å². The molecular formula is C11H14O6. The molecule has 0 aromatic heterocycles. The van der Waals surface area contributed by atoms with E-state index in [9.17, 15) is 9.90 Å². The number of carbonyl (C=O) groups is 1. The van der Waals surface area contributed by atoms with Crippen LogP contribution in [-0.4, -0.2) is 37.5 Å². The first-order valence-corrected chi connectivity index (χ1v) is 4.77. The number of aromatic hydroxyl groups is 1. The third-order valence-corrected chi connectivity index (χ3v) is 2.22. The lowest BCUT2D eigenvalue weighted by atomic mass is 10.1. The van der Waals surface area contributed by atoms with E-state index in [0.29, 0.717) is 5.75 Å². The highest BCUT2D eigenvalue weighted by Crippen LogP contribution is 2.45. The number of hydrogen-bond donors (Lipinski definition) is 2. The van der Waals surface area contributed by atoms with Crippen LogP contribution in [0.15, 0.2) is 6.07 Å². The Morgan fingerprint density at radius 1 is 1.18 bits per heavy atom. The van der Waals surface area contributed by atoms with Crippen LogP contribution < -0.4 is 14.2 Å². The van der Waals surface area contributed by atoms with E-state index in [1.165, 1.54) is 27.4 Å². The number of methoxy groups -OCH3 is 3. The third kappa shape index (κ3) is 2.52. The first-order chi connectivity index (χ1) is 8.04. The van der Waals surface area contributed by atoms with E-state index in [1.807, 2.05) is 0 Å². The minimum atomic E-state index is -1.06. The Morgan fingerprint density at radius 2 is 1.76 bits per heavy atom. The molecule has 1 aromatic carbocycles. The lowest BCUT2D eigenvalue weighted by Gasteiger charge is -2.15. The molecule has 0 fully saturated rings. The summed E-state index contributed by atoms with van der Waals surface area (Å²) in [4.78, 5) is 10.7.